The van der Waals surface area contributed by atoms with E-state index in [2.05, 4.69) is 36.4 Å². The first-order chi connectivity index (χ1) is 8.65. The zero-order chi connectivity index (χ0) is 13.4. The van der Waals surface area contributed by atoms with E-state index in [4.69, 9.17) is 4.74 Å². The molecule has 4 nitrogen and oxygen atoms in total. The van der Waals surface area contributed by atoms with Crippen LogP contribution in [0.4, 0.5) is 0 Å². The highest BCUT2D eigenvalue weighted by molar-refractivity contribution is 5.79. The Labute approximate surface area is 112 Å². The molecule has 0 aromatic heterocycles. The zero-order valence-corrected chi connectivity index (χ0v) is 12.4. The molecule has 1 fully saturated rings. The first kappa shape index (κ1) is 15.3. The van der Waals surface area contributed by atoms with Gasteiger partial charge in [0.1, 0.15) is 0 Å². The molecule has 0 aromatic rings. The van der Waals surface area contributed by atoms with Gasteiger partial charge < -0.3 is 15.4 Å². The summed E-state index contributed by atoms with van der Waals surface area (Å²) < 4.78 is 5.45. The fourth-order valence-electron chi connectivity index (χ4n) is 1.93. The molecule has 0 radical (unpaired) electrons. The van der Waals surface area contributed by atoms with Crippen LogP contribution in [0.5, 0.6) is 0 Å². The minimum absolute atomic E-state index is 0.461. The highest BCUT2D eigenvalue weighted by Crippen LogP contribution is 2.48. The fraction of sp³-hybridized carbons (Fsp3) is 0.929. The van der Waals surface area contributed by atoms with E-state index in [0.717, 1.165) is 38.6 Å². The van der Waals surface area contributed by atoms with Crippen LogP contribution in [-0.2, 0) is 4.74 Å². The van der Waals surface area contributed by atoms with Crippen molar-refractivity contribution in [2.24, 2.45) is 10.4 Å². The van der Waals surface area contributed by atoms with E-state index >= 15 is 0 Å². The lowest BCUT2D eigenvalue weighted by molar-refractivity contribution is 0.128. The molecule has 1 saturated carbocycles. The summed E-state index contributed by atoms with van der Waals surface area (Å²) in [6.45, 7) is 9.12. The highest BCUT2D eigenvalue weighted by Gasteiger charge is 2.41. The summed E-state index contributed by atoms with van der Waals surface area (Å²) >= 11 is 0. The monoisotopic (exact) mass is 255 g/mol. The number of nitrogens with zero attached hydrogens (tertiary/aromatic N) is 1. The van der Waals surface area contributed by atoms with E-state index in [1.54, 1.807) is 0 Å². The molecule has 4 heteroatoms. The van der Waals surface area contributed by atoms with Crippen LogP contribution in [0.25, 0.3) is 0 Å². The minimum Gasteiger partial charge on any atom is -0.382 e. The lowest BCUT2D eigenvalue weighted by atomic mass is 10.0. The van der Waals surface area contributed by atoms with E-state index in [-0.39, 0.29) is 0 Å². The van der Waals surface area contributed by atoms with Gasteiger partial charge in [-0.05, 0) is 44.9 Å². The van der Waals surface area contributed by atoms with E-state index < -0.39 is 0 Å². The average molecular weight is 255 g/mol. The van der Waals surface area contributed by atoms with Crippen LogP contribution in [-0.4, -0.2) is 38.8 Å². The van der Waals surface area contributed by atoms with Gasteiger partial charge in [0.15, 0.2) is 5.96 Å². The van der Waals surface area contributed by atoms with Crippen LogP contribution in [0.2, 0.25) is 0 Å². The SMILES string of the molecule is CCOCCC1(CNC(=NC)NC(C)CC)CC1. The molecule has 1 atom stereocenters. The van der Waals surface area contributed by atoms with Gasteiger partial charge in [0.2, 0.25) is 0 Å². The smallest absolute Gasteiger partial charge is 0.191 e. The van der Waals surface area contributed by atoms with E-state index in [9.17, 15) is 0 Å². The van der Waals surface area contributed by atoms with Crippen molar-refractivity contribution in [3.8, 4) is 0 Å². The Kier molecular flexibility index (Phi) is 6.47. The first-order valence-corrected chi connectivity index (χ1v) is 7.20. The number of hydrogen-bond donors (Lipinski definition) is 2. The zero-order valence-electron chi connectivity index (χ0n) is 12.4. The number of guanidine groups is 1. The van der Waals surface area contributed by atoms with E-state index in [0.29, 0.717) is 11.5 Å². The molecule has 0 spiro atoms. The van der Waals surface area contributed by atoms with Crippen molar-refractivity contribution < 1.29 is 4.74 Å². The molecular weight excluding hydrogens is 226 g/mol. The Morgan fingerprint density at radius 3 is 2.61 bits per heavy atom. The number of hydrogen-bond acceptors (Lipinski definition) is 2. The van der Waals surface area contributed by atoms with Gasteiger partial charge in [-0.25, -0.2) is 0 Å². The molecular formula is C14H29N3O. The van der Waals surface area contributed by atoms with E-state index in [1.807, 2.05) is 7.05 Å². The normalized spacial score (nSPS) is 19.4. The Morgan fingerprint density at radius 1 is 1.39 bits per heavy atom. The number of rotatable bonds is 8. The molecule has 1 unspecified atom stereocenters. The van der Waals surface area contributed by atoms with Crippen molar-refractivity contribution >= 4 is 5.96 Å². The van der Waals surface area contributed by atoms with Crippen LogP contribution < -0.4 is 10.6 Å². The molecule has 0 bridgehead atoms. The molecule has 0 saturated heterocycles. The lowest BCUT2D eigenvalue weighted by Crippen LogP contribution is -2.44. The first-order valence-electron chi connectivity index (χ1n) is 7.20. The summed E-state index contributed by atoms with van der Waals surface area (Å²) in [5.41, 5.74) is 0.461. The molecule has 0 aliphatic heterocycles. The number of ether oxygens (including phenoxy) is 1. The van der Waals surface area contributed by atoms with Gasteiger partial charge in [-0.1, -0.05) is 6.92 Å². The largest absolute Gasteiger partial charge is 0.382 e. The topological polar surface area (TPSA) is 45.6 Å². The van der Waals surface area contributed by atoms with Crippen molar-refractivity contribution in [1.29, 1.82) is 0 Å². The second kappa shape index (κ2) is 7.62. The molecule has 0 amide bonds. The number of aliphatic imine (C=N–C) groups is 1. The van der Waals surface area contributed by atoms with Crippen LogP contribution in [0, 0.1) is 5.41 Å². The van der Waals surface area contributed by atoms with Gasteiger partial charge in [0.05, 0.1) is 0 Å². The summed E-state index contributed by atoms with van der Waals surface area (Å²) in [7, 11) is 1.83. The number of nitrogens with one attached hydrogen (secondary N) is 2. The minimum atomic E-state index is 0.461. The predicted octanol–water partition coefficient (Wildman–Crippen LogP) is 2.16. The quantitative estimate of drug-likeness (QED) is 0.397. The van der Waals surface area contributed by atoms with Gasteiger partial charge in [0.25, 0.3) is 0 Å². The van der Waals surface area contributed by atoms with Crippen molar-refractivity contribution in [2.45, 2.75) is 52.5 Å². The van der Waals surface area contributed by atoms with Crippen molar-refractivity contribution in [3.63, 3.8) is 0 Å². The average Bonchev–Trinajstić information content (AvgIpc) is 3.15. The molecule has 0 heterocycles. The molecule has 1 aliphatic carbocycles. The maximum atomic E-state index is 5.45. The molecule has 0 aromatic carbocycles. The Bertz CT molecular complexity index is 262. The Balaban J connectivity index is 2.25. The Morgan fingerprint density at radius 2 is 2.11 bits per heavy atom. The fourth-order valence-corrected chi connectivity index (χ4v) is 1.93. The van der Waals surface area contributed by atoms with Gasteiger partial charge >= 0.3 is 0 Å². The van der Waals surface area contributed by atoms with Crippen molar-refractivity contribution in [1.82, 2.24) is 10.6 Å². The summed E-state index contributed by atoms with van der Waals surface area (Å²) in [4.78, 5) is 4.27. The van der Waals surface area contributed by atoms with Gasteiger partial charge in [0, 0.05) is 32.8 Å². The van der Waals surface area contributed by atoms with Crippen LogP contribution >= 0.6 is 0 Å². The third-order valence-corrected chi connectivity index (χ3v) is 3.79. The molecule has 106 valence electrons. The van der Waals surface area contributed by atoms with Crippen LogP contribution in [0.15, 0.2) is 4.99 Å². The summed E-state index contributed by atoms with van der Waals surface area (Å²) in [5, 5.41) is 6.84. The third-order valence-electron chi connectivity index (χ3n) is 3.79. The lowest BCUT2D eigenvalue weighted by Gasteiger charge is -2.20. The highest BCUT2D eigenvalue weighted by atomic mass is 16.5. The van der Waals surface area contributed by atoms with Crippen LogP contribution in [0.1, 0.15) is 46.5 Å². The summed E-state index contributed by atoms with van der Waals surface area (Å²) in [6, 6.07) is 0.467. The van der Waals surface area contributed by atoms with Gasteiger partial charge in [-0.2, -0.15) is 0 Å². The summed E-state index contributed by atoms with van der Waals surface area (Å²) in [5.74, 6) is 0.923. The third kappa shape index (κ3) is 5.25. The van der Waals surface area contributed by atoms with Gasteiger partial charge in [-0.15, -0.1) is 0 Å². The standard InChI is InChI=1S/C14H29N3O/c1-5-12(3)17-13(15-4)16-11-14(7-8-14)9-10-18-6-2/h12H,5-11H2,1-4H3,(H2,15,16,17). The van der Waals surface area contributed by atoms with E-state index in [1.165, 1.54) is 12.8 Å². The maximum Gasteiger partial charge on any atom is 0.191 e. The van der Waals surface area contributed by atoms with Crippen LogP contribution in [0.3, 0.4) is 0 Å². The van der Waals surface area contributed by atoms with Crippen molar-refractivity contribution in [3.05, 3.63) is 0 Å². The summed E-state index contributed by atoms with van der Waals surface area (Å²) in [6.07, 6.45) is 4.89. The molecule has 2 N–H and O–H groups in total. The maximum absolute atomic E-state index is 5.45. The second-order valence-corrected chi connectivity index (χ2v) is 5.33. The molecule has 1 rings (SSSR count). The predicted molar refractivity (Wildman–Crippen MR) is 77.0 cm³/mol. The molecule has 18 heavy (non-hydrogen) atoms. The second-order valence-electron chi connectivity index (χ2n) is 5.33. The molecule has 1 aliphatic rings. The van der Waals surface area contributed by atoms with Crippen molar-refractivity contribution in [2.75, 3.05) is 26.8 Å². The van der Waals surface area contributed by atoms with Gasteiger partial charge in [-0.3, -0.25) is 4.99 Å². The Hall–Kier alpha value is -0.770.